The van der Waals surface area contributed by atoms with Crippen LogP contribution in [-0.2, 0) is 6.54 Å². The summed E-state index contributed by atoms with van der Waals surface area (Å²) in [6.07, 6.45) is 3.24. The Morgan fingerprint density at radius 1 is 1.16 bits per heavy atom. The van der Waals surface area contributed by atoms with Crippen molar-refractivity contribution in [1.82, 2.24) is 14.8 Å². The Bertz CT molecular complexity index is 799. The summed E-state index contributed by atoms with van der Waals surface area (Å²) in [4.78, 5) is 6.02. The summed E-state index contributed by atoms with van der Waals surface area (Å²) in [5.41, 5.74) is 5.57. The van der Waals surface area contributed by atoms with Gasteiger partial charge in [-0.1, -0.05) is 12.1 Å². The lowest BCUT2D eigenvalue weighted by Gasteiger charge is -2.18. The Hall–Kier alpha value is -2.86. The van der Waals surface area contributed by atoms with Crippen LogP contribution in [0.5, 0.6) is 0 Å². The van der Waals surface area contributed by atoms with E-state index in [1.807, 2.05) is 11.9 Å². The summed E-state index contributed by atoms with van der Waals surface area (Å²) in [7, 11) is 1.97. The molecule has 6 nitrogen and oxygen atoms in total. The minimum Gasteiger partial charge on any atom is -0.395 e. The van der Waals surface area contributed by atoms with Gasteiger partial charge in [-0.3, -0.25) is 0 Å². The number of hydrogen-bond donors (Lipinski definition) is 2. The monoisotopic (exact) mass is 337 g/mol. The van der Waals surface area contributed by atoms with Crippen LogP contribution >= 0.6 is 0 Å². The Morgan fingerprint density at radius 2 is 1.96 bits per heavy atom. The predicted molar refractivity (Wildman–Crippen MR) is 100 cm³/mol. The molecular formula is C19H23N5O. The zero-order chi connectivity index (χ0) is 17.6. The maximum Gasteiger partial charge on any atom is 0.138 e. The van der Waals surface area contributed by atoms with Gasteiger partial charge < -0.3 is 15.3 Å². The van der Waals surface area contributed by atoms with E-state index in [-0.39, 0.29) is 6.61 Å². The van der Waals surface area contributed by atoms with Gasteiger partial charge in [0.15, 0.2) is 0 Å². The van der Waals surface area contributed by atoms with E-state index in [0.717, 1.165) is 29.2 Å². The summed E-state index contributed by atoms with van der Waals surface area (Å²) in [6.45, 7) is 3.61. The summed E-state index contributed by atoms with van der Waals surface area (Å²) in [6, 6.07) is 14.5. The van der Waals surface area contributed by atoms with Gasteiger partial charge >= 0.3 is 0 Å². The smallest absolute Gasteiger partial charge is 0.138 e. The fourth-order valence-corrected chi connectivity index (χ4v) is 2.73. The second-order valence-corrected chi connectivity index (χ2v) is 6.01. The molecule has 3 rings (SSSR count). The summed E-state index contributed by atoms with van der Waals surface area (Å²) in [5.74, 6) is 0. The van der Waals surface area contributed by atoms with Crippen LogP contribution in [0.3, 0.4) is 0 Å². The van der Waals surface area contributed by atoms with E-state index >= 15 is 0 Å². The molecule has 3 aromatic rings. The maximum atomic E-state index is 9.00. The van der Waals surface area contributed by atoms with Crippen molar-refractivity contribution in [3.8, 4) is 5.69 Å². The first-order valence-corrected chi connectivity index (χ1v) is 8.28. The number of aryl methyl sites for hydroxylation is 1. The molecule has 0 saturated heterocycles. The Kier molecular flexibility index (Phi) is 5.30. The van der Waals surface area contributed by atoms with Crippen molar-refractivity contribution in [2.45, 2.75) is 13.5 Å². The SMILES string of the molecule is Cc1cc(CNc2ccc(N(C)CCO)cc2)ccc1-n1cncn1. The molecule has 2 aromatic carbocycles. The second kappa shape index (κ2) is 7.81. The highest BCUT2D eigenvalue weighted by atomic mass is 16.3. The van der Waals surface area contributed by atoms with Crippen LogP contribution in [-0.4, -0.2) is 40.1 Å². The number of aliphatic hydroxyl groups excluding tert-OH is 1. The minimum atomic E-state index is 0.153. The van der Waals surface area contributed by atoms with E-state index in [0.29, 0.717) is 6.54 Å². The molecule has 0 atom stereocenters. The highest BCUT2D eigenvalue weighted by Gasteiger charge is 2.04. The lowest BCUT2D eigenvalue weighted by atomic mass is 10.1. The summed E-state index contributed by atoms with van der Waals surface area (Å²) < 4.78 is 1.77. The third kappa shape index (κ3) is 4.16. The molecule has 0 aliphatic rings. The number of anilines is 2. The molecule has 25 heavy (non-hydrogen) atoms. The lowest BCUT2D eigenvalue weighted by molar-refractivity contribution is 0.304. The third-order valence-electron chi connectivity index (χ3n) is 4.17. The van der Waals surface area contributed by atoms with E-state index in [1.54, 1.807) is 11.0 Å². The Morgan fingerprint density at radius 3 is 2.60 bits per heavy atom. The summed E-state index contributed by atoms with van der Waals surface area (Å²) >= 11 is 0. The first-order valence-electron chi connectivity index (χ1n) is 8.28. The van der Waals surface area contributed by atoms with Crippen molar-refractivity contribution in [2.24, 2.45) is 0 Å². The van der Waals surface area contributed by atoms with E-state index in [1.165, 1.54) is 11.9 Å². The van der Waals surface area contributed by atoms with Crippen molar-refractivity contribution < 1.29 is 5.11 Å². The lowest BCUT2D eigenvalue weighted by Crippen LogP contribution is -2.20. The van der Waals surface area contributed by atoms with E-state index in [4.69, 9.17) is 5.11 Å². The van der Waals surface area contributed by atoms with E-state index < -0.39 is 0 Å². The van der Waals surface area contributed by atoms with E-state index in [9.17, 15) is 0 Å². The fourth-order valence-electron chi connectivity index (χ4n) is 2.73. The highest BCUT2D eigenvalue weighted by Crippen LogP contribution is 2.19. The molecule has 1 aromatic heterocycles. The molecule has 2 N–H and O–H groups in total. The number of likely N-dealkylation sites (N-methyl/N-ethyl adjacent to an activating group) is 1. The number of hydrogen-bond acceptors (Lipinski definition) is 5. The zero-order valence-corrected chi connectivity index (χ0v) is 14.6. The van der Waals surface area contributed by atoms with E-state index in [2.05, 4.69) is 64.8 Å². The fraction of sp³-hybridized carbons (Fsp3) is 0.263. The molecule has 0 aliphatic heterocycles. The molecule has 130 valence electrons. The molecular weight excluding hydrogens is 314 g/mol. The number of benzene rings is 2. The van der Waals surface area contributed by atoms with Gasteiger partial charge in [0.05, 0.1) is 12.3 Å². The molecule has 0 spiro atoms. The molecule has 0 bridgehead atoms. The van der Waals surface area contributed by atoms with Crippen LogP contribution < -0.4 is 10.2 Å². The number of nitrogens with one attached hydrogen (secondary N) is 1. The topological polar surface area (TPSA) is 66.2 Å². The molecule has 0 radical (unpaired) electrons. The predicted octanol–water partition coefficient (Wildman–Crippen LogP) is 2.62. The first kappa shape index (κ1) is 17.0. The van der Waals surface area contributed by atoms with Crippen LogP contribution in [0.4, 0.5) is 11.4 Å². The van der Waals surface area contributed by atoms with Gasteiger partial charge in [-0.15, -0.1) is 0 Å². The average molecular weight is 337 g/mol. The molecule has 0 aliphatic carbocycles. The molecule has 0 fully saturated rings. The highest BCUT2D eigenvalue weighted by molar-refractivity contribution is 5.55. The van der Waals surface area contributed by atoms with Gasteiger partial charge in [-0.25, -0.2) is 9.67 Å². The summed E-state index contributed by atoms with van der Waals surface area (Å²) in [5, 5.41) is 16.6. The van der Waals surface area contributed by atoms with Gasteiger partial charge in [0.1, 0.15) is 12.7 Å². The normalized spacial score (nSPS) is 10.7. The quantitative estimate of drug-likeness (QED) is 0.694. The molecule has 1 heterocycles. The van der Waals surface area contributed by atoms with Crippen LogP contribution in [0.2, 0.25) is 0 Å². The largest absolute Gasteiger partial charge is 0.395 e. The van der Waals surface area contributed by atoms with Gasteiger partial charge in [0.25, 0.3) is 0 Å². The Balaban J connectivity index is 1.63. The van der Waals surface area contributed by atoms with Gasteiger partial charge in [-0.2, -0.15) is 5.10 Å². The van der Waals surface area contributed by atoms with Crippen molar-refractivity contribution in [2.75, 3.05) is 30.4 Å². The number of rotatable bonds is 7. The van der Waals surface area contributed by atoms with Crippen LogP contribution in [0, 0.1) is 6.92 Å². The van der Waals surface area contributed by atoms with Crippen LogP contribution in [0.15, 0.2) is 55.1 Å². The van der Waals surface area contributed by atoms with Gasteiger partial charge in [0, 0.05) is 31.5 Å². The maximum absolute atomic E-state index is 9.00. The van der Waals surface area contributed by atoms with Crippen molar-refractivity contribution in [3.05, 3.63) is 66.2 Å². The van der Waals surface area contributed by atoms with Crippen molar-refractivity contribution >= 4 is 11.4 Å². The molecule has 0 amide bonds. The van der Waals surface area contributed by atoms with Crippen LogP contribution in [0.25, 0.3) is 5.69 Å². The Labute approximate surface area is 147 Å². The van der Waals surface area contributed by atoms with Gasteiger partial charge in [-0.05, 0) is 48.4 Å². The number of aromatic nitrogens is 3. The van der Waals surface area contributed by atoms with Crippen molar-refractivity contribution in [3.63, 3.8) is 0 Å². The second-order valence-electron chi connectivity index (χ2n) is 6.01. The van der Waals surface area contributed by atoms with Crippen LogP contribution in [0.1, 0.15) is 11.1 Å². The van der Waals surface area contributed by atoms with Crippen molar-refractivity contribution in [1.29, 1.82) is 0 Å². The van der Waals surface area contributed by atoms with Gasteiger partial charge in [0.2, 0.25) is 0 Å². The standard InChI is InChI=1S/C19H23N5O/c1-15-11-16(3-8-19(15)24-14-20-13-22-24)12-21-17-4-6-18(7-5-17)23(2)9-10-25/h3-8,11,13-14,21,25H,9-10,12H2,1-2H3. The zero-order valence-electron chi connectivity index (χ0n) is 14.6. The average Bonchev–Trinajstić information content (AvgIpc) is 3.15. The number of aliphatic hydroxyl groups is 1. The molecule has 6 heteroatoms. The first-order chi connectivity index (χ1) is 12.2. The number of nitrogens with zero attached hydrogens (tertiary/aromatic N) is 4. The molecule has 0 saturated carbocycles. The molecule has 0 unspecified atom stereocenters. The third-order valence-corrected chi connectivity index (χ3v) is 4.17. The minimum absolute atomic E-state index is 0.153.